The van der Waals surface area contributed by atoms with Crippen molar-refractivity contribution in [2.24, 2.45) is 0 Å². The second-order valence-corrected chi connectivity index (χ2v) is 6.43. The van der Waals surface area contributed by atoms with Crippen LogP contribution in [0.4, 0.5) is 13.2 Å². The van der Waals surface area contributed by atoms with Gasteiger partial charge in [-0.1, -0.05) is 15.9 Å². The summed E-state index contributed by atoms with van der Waals surface area (Å²) in [6, 6.07) is 3.44. The largest absolute Gasteiger partial charge is 0.393 e. The normalized spacial score (nSPS) is 12.8. The van der Waals surface area contributed by atoms with Gasteiger partial charge in [-0.25, -0.2) is 8.42 Å². The van der Waals surface area contributed by atoms with Gasteiger partial charge in [-0.15, -0.1) is 0 Å². The molecule has 0 bridgehead atoms. The first kappa shape index (κ1) is 13.8. The summed E-state index contributed by atoms with van der Waals surface area (Å²) in [5.41, 5.74) is -0.378. The fourth-order valence-corrected chi connectivity index (χ4v) is 2.67. The Hall–Kier alpha value is -0.270. The van der Waals surface area contributed by atoms with Crippen LogP contribution in [0.1, 0.15) is 5.56 Å². The molecule has 90 valence electrons. The molecule has 8 heteroatoms. The summed E-state index contributed by atoms with van der Waals surface area (Å²) in [5, 5.41) is 0. The van der Waals surface area contributed by atoms with Gasteiger partial charge in [-0.3, -0.25) is 0 Å². The first-order valence-electron chi connectivity index (χ1n) is 3.89. The minimum Gasteiger partial charge on any atom is -0.207 e. The summed E-state index contributed by atoms with van der Waals surface area (Å²) in [6.07, 6.45) is -5.83. The van der Waals surface area contributed by atoms with Crippen molar-refractivity contribution in [3.8, 4) is 0 Å². The van der Waals surface area contributed by atoms with Crippen molar-refractivity contribution >= 4 is 35.7 Å². The number of hydrogen-bond donors (Lipinski definition) is 0. The van der Waals surface area contributed by atoms with Crippen molar-refractivity contribution in [2.45, 2.75) is 17.5 Å². The molecule has 0 spiro atoms. The lowest BCUT2D eigenvalue weighted by molar-refractivity contribution is -0.127. The first-order valence-corrected chi connectivity index (χ1v) is 7.00. The van der Waals surface area contributed by atoms with E-state index < -0.39 is 26.5 Å². The molecule has 0 aliphatic carbocycles. The smallest absolute Gasteiger partial charge is 0.207 e. The van der Waals surface area contributed by atoms with Gasteiger partial charge in [0.15, 0.2) is 0 Å². The monoisotopic (exact) mass is 336 g/mol. The zero-order valence-corrected chi connectivity index (χ0v) is 10.7. The molecule has 1 aromatic carbocycles. The molecule has 0 fully saturated rings. The highest BCUT2D eigenvalue weighted by molar-refractivity contribution is 9.10. The zero-order valence-electron chi connectivity index (χ0n) is 7.55. The zero-order chi connectivity index (χ0) is 12.6. The Morgan fingerprint density at radius 2 is 1.88 bits per heavy atom. The van der Waals surface area contributed by atoms with Gasteiger partial charge in [-0.05, 0) is 23.8 Å². The quantitative estimate of drug-likeness (QED) is 0.774. The molecule has 2 nitrogen and oxygen atoms in total. The Labute approximate surface area is 103 Å². The van der Waals surface area contributed by atoms with E-state index in [1.165, 1.54) is 6.07 Å². The fraction of sp³-hybridized carbons (Fsp3) is 0.250. The maximum atomic E-state index is 12.2. The van der Waals surface area contributed by atoms with E-state index in [4.69, 9.17) is 10.7 Å². The third-order valence-corrected chi connectivity index (χ3v) is 3.59. The summed E-state index contributed by atoms with van der Waals surface area (Å²) in [7, 11) is 0.863. The van der Waals surface area contributed by atoms with Gasteiger partial charge in [0.2, 0.25) is 0 Å². The third-order valence-electron chi connectivity index (χ3n) is 1.68. The van der Waals surface area contributed by atoms with Crippen LogP contribution in [0.2, 0.25) is 0 Å². The van der Waals surface area contributed by atoms with Crippen molar-refractivity contribution in [2.75, 3.05) is 0 Å². The van der Waals surface area contributed by atoms with E-state index in [1.54, 1.807) is 0 Å². The Morgan fingerprint density at radius 1 is 1.31 bits per heavy atom. The van der Waals surface area contributed by atoms with E-state index in [-0.39, 0.29) is 5.56 Å². The molecule has 0 heterocycles. The minimum atomic E-state index is -4.49. The second-order valence-electron chi connectivity index (χ2n) is 2.98. The Bertz CT molecular complexity index is 498. The molecular weight excluding hydrogens is 333 g/mol. The van der Waals surface area contributed by atoms with Gasteiger partial charge in [0.25, 0.3) is 9.05 Å². The predicted octanol–water partition coefficient (Wildman–Crippen LogP) is 3.48. The summed E-state index contributed by atoms with van der Waals surface area (Å²) in [5.74, 6) is 0. The molecule has 0 aliphatic heterocycles. The van der Waals surface area contributed by atoms with E-state index >= 15 is 0 Å². The molecule has 0 atom stereocenters. The second kappa shape index (κ2) is 4.54. The molecule has 16 heavy (non-hydrogen) atoms. The lowest BCUT2D eigenvalue weighted by Gasteiger charge is -2.10. The molecule has 1 aromatic rings. The Kier molecular flexibility index (Phi) is 3.91. The maximum absolute atomic E-state index is 12.2. The van der Waals surface area contributed by atoms with E-state index in [2.05, 4.69) is 15.9 Å². The van der Waals surface area contributed by atoms with Gasteiger partial charge < -0.3 is 0 Å². The Morgan fingerprint density at radius 3 is 2.31 bits per heavy atom. The highest BCUT2D eigenvalue weighted by atomic mass is 79.9. The number of halogens is 5. The average Bonchev–Trinajstić information content (AvgIpc) is 1.97. The molecule has 0 amide bonds. The molecule has 0 aliphatic rings. The predicted molar refractivity (Wildman–Crippen MR) is 56.9 cm³/mol. The average molecular weight is 338 g/mol. The van der Waals surface area contributed by atoms with Crippen LogP contribution in [-0.4, -0.2) is 14.6 Å². The van der Waals surface area contributed by atoms with Gasteiger partial charge >= 0.3 is 6.18 Å². The van der Waals surface area contributed by atoms with Gasteiger partial charge in [0, 0.05) is 15.2 Å². The number of benzene rings is 1. The standard InChI is InChI=1S/C8H5BrClF3O2S/c9-6-1-2-7(16(10,14)15)5(3-6)4-8(11,12)13/h1-3H,4H2. The molecule has 0 saturated carbocycles. The van der Waals surface area contributed by atoms with E-state index in [0.29, 0.717) is 4.47 Å². The van der Waals surface area contributed by atoms with E-state index in [0.717, 1.165) is 12.1 Å². The summed E-state index contributed by atoms with van der Waals surface area (Å²) >= 11 is 2.97. The molecule has 0 unspecified atom stereocenters. The summed E-state index contributed by atoms with van der Waals surface area (Å²) < 4.78 is 59.0. The topological polar surface area (TPSA) is 34.1 Å². The van der Waals surface area contributed by atoms with Crippen LogP contribution in [-0.2, 0) is 15.5 Å². The molecule has 0 radical (unpaired) electrons. The lowest BCUT2D eigenvalue weighted by Crippen LogP contribution is -2.13. The van der Waals surface area contributed by atoms with Gasteiger partial charge in [0.1, 0.15) is 0 Å². The fourth-order valence-electron chi connectivity index (χ4n) is 1.14. The van der Waals surface area contributed by atoms with Crippen molar-refractivity contribution in [1.29, 1.82) is 0 Å². The maximum Gasteiger partial charge on any atom is 0.393 e. The minimum absolute atomic E-state index is 0.357. The summed E-state index contributed by atoms with van der Waals surface area (Å²) in [6.45, 7) is 0. The van der Waals surface area contributed by atoms with Crippen molar-refractivity contribution in [3.05, 3.63) is 28.2 Å². The van der Waals surface area contributed by atoms with Crippen LogP contribution in [0.5, 0.6) is 0 Å². The van der Waals surface area contributed by atoms with Crippen LogP contribution >= 0.6 is 26.6 Å². The molecule has 0 aromatic heterocycles. The van der Waals surface area contributed by atoms with Crippen LogP contribution in [0.25, 0.3) is 0 Å². The van der Waals surface area contributed by atoms with E-state index in [1.807, 2.05) is 0 Å². The molecule has 0 saturated heterocycles. The third kappa shape index (κ3) is 3.95. The van der Waals surface area contributed by atoms with Crippen molar-refractivity contribution < 1.29 is 21.6 Å². The van der Waals surface area contributed by atoms with Gasteiger partial charge in [-0.2, -0.15) is 13.2 Å². The van der Waals surface area contributed by atoms with Crippen molar-refractivity contribution in [3.63, 3.8) is 0 Å². The Balaban J connectivity index is 3.30. The number of alkyl halides is 3. The van der Waals surface area contributed by atoms with Crippen LogP contribution in [0, 0.1) is 0 Å². The van der Waals surface area contributed by atoms with E-state index in [9.17, 15) is 21.6 Å². The summed E-state index contributed by atoms with van der Waals surface area (Å²) in [4.78, 5) is -0.519. The number of hydrogen-bond acceptors (Lipinski definition) is 2. The molecular formula is C8H5BrClF3O2S. The number of rotatable bonds is 2. The highest BCUT2D eigenvalue weighted by Gasteiger charge is 2.31. The lowest BCUT2D eigenvalue weighted by atomic mass is 10.1. The highest BCUT2D eigenvalue weighted by Crippen LogP contribution is 2.29. The van der Waals surface area contributed by atoms with Crippen LogP contribution in [0.15, 0.2) is 27.6 Å². The first-order chi connectivity index (χ1) is 7.09. The molecule has 1 rings (SSSR count). The van der Waals surface area contributed by atoms with Crippen LogP contribution < -0.4 is 0 Å². The van der Waals surface area contributed by atoms with Crippen molar-refractivity contribution in [1.82, 2.24) is 0 Å². The molecule has 0 N–H and O–H groups in total. The van der Waals surface area contributed by atoms with Gasteiger partial charge in [0.05, 0.1) is 11.3 Å². The SMILES string of the molecule is O=S(=O)(Cl)c1ccc(Br)cc1CC(F)(F)F. The van der Waals surface area contributed by atoms with Crippen LogP contribution in [0.3, 0.4) is 0 Å².